The summed E-state index contributed by atoms with van der Waals surface area (Å²) < 4.78 is 7.12. The number of benzene rings is 1. The predicted molar refractivity (Wildman–Crippen MR) is 87.5 cm³/mol. The number of aromatic nitrogens is 2. The number of hydrogen-bond acceptors (Lipinski definition) is 3. The van der Waals surface area contributed by atoms with Gasteiger partial charge in [-0.3, -0.25) is 4.79 Å². The van der Waals surface area contributed by atoms with Crippen LogP contribution in [-0.2, 0) is 6.54 Å². The van der Waals surface area contributed by atoms with Gasteiger partial charge in [-0.25, -0.2) is 4.68 Å². The zero-order valence-corrected chi connectivity index (χ0v) is 13.5. The van der Waals surface area contributed by atoms with E-state index in [1.54, 1.807) is 18.2 Å². The SMILES string of the molecule is Cc1nn(-c2ccccc2)c(C)c1C(=O)N(C)Cc1ccco1. The highest BCUT2D eigenvalue weighted by molar-refractivity contribution is 5.96. The van der Waals surface area contributed by atoms with Crippen molar-refractivity contribution in [1.82, 2.24) is 14.7 Å². The van der Waals surface area contributed by atoms with Crippen molar-refractivity contribution in [1.29, 1.82) is 0 Å². The Morgan fingerprint density at radius 1 is 1.17 bits per heavy atom. The molecule has 1 amide bonds. The second kappa shape index (κ2) is 6.12. The highest BCUT2D eigenvalue weighted by Crippen LogP contribution is 2.20. The number of para-hydroxylation sites is 1. The van der Waals surface area contributed by atoms with Crippen LogP contribution in [0.3, 0.4) is 0 Å². The Morgan fingerprint density at radius 2 is 1.91 bits per heavy atom. The van der Waals surface area contributed by atoms with Crippen LogP contribution in [0.4, 0.5) is 0 Å². The number of amides is 1. The number of carbonyl (C=O) groups excluding carboxylic acids is 1. The molecule has 0 aliphatic rings. The van der Waals surface area contributed by atoms with Crippen molar-refractivity contribution in [2.75, 3.05) is 7.05 Å². The summed E-state index contributed by atoms with van der Waals surface area (Å²) in [6, 6.07) is 13.5. The molecule has 0 N–H and O–H groups in total. The van der Waals surface area contributed by atoms with E-state index in [9.17, 15) is 4.79 Å². The molecule has 1 aromatic carbocycles. The lowest BCUT2D eigenvalue weighted by atomic mass is 10.1. The van der Waals surface area contributed by atoms with Crippen molar-refractivity contribution >= 4 is 5.91 Å². The van der Waals surface area contributed by atoms with Gasteiger partial charge in [0.2, 0.25) is 0 Å². The Hall–Kier alpha value is -2.82. The third kappa shape index (κ3) is 2.90. The van der Waals surface area contributed by atoms with Gasteiger partial charge in [0.05, 0.1) is 35.4 Å². The molecule has 3 aromatic rings. The quantitative estimate of drug-likeness (QED) is 0.742. The van der Waals surface area contributed by atoms with Crippen molar-refractivity contribution < 1.29 is 9.21 Å². The predicted octanol–water partition coefficient (Wildman–Crippen LogP) is 3.35. The van der Waals surface area contributed by atoms with Gasteiger partial charge in [0.15, 0.2) is 0 Å². The van der Waals surface area contributed by atoms with Gasteiger partial charge in [-0.2, -0.15) is 5.10 Å². The lowest BCUT2D eigenvalue weighted by Crippen LogP contribution is -2.27. The fourth-order valence-corrected chi connectivity index (χ4v) is 2.67. The Bertz CT molecular complexity index is 804. The van der Waals surface area contributed by atoms with E-state index in [4.69, 9.17) is 4.42 Å². The normalized spacial score (nSPS) is 10.7. The monoisotopic (exact) mass is 309 g/mol. The maximum atomic E-state index is 12.8. The zero-order chi connectivity index (χ0) is 16.4. The second-order valence-electron chi connectivity index (χ2n) is 5.53. The smallest absolute Gasteiger partial charge is 0.257 e. The standard InChI is InChI=1S/C18H19N3O2/c1-13-17(18(22)20(3)12-16-10-7-11-23-16)14(2)21(19-13)15-8-5-4-6-9-15/h4-11H,12H2,1-3H3. The number of furan rings is 1. The molecule has 0 saturated carbocycles. The Balaban J connectivity index is 1.91. The Labute approximate surface area is 135 Å². The number of carbonyl (C=O) groups is 1. The summed E-state index contributed by atoms with van der Waals surface area (Å²) in [5.74, 6) is 0.699. The number of aryl methyl sites for hydroxylation is 1. The summed E-state index contributed by atoms with van der Waals surface area (Å²) in [6.07, 6.45) is 1.61. The van der Waals surface area contributed by atoms with E-state index in [0.717, 1.165) is 22.8 Å². The third-order valence-corrected chi connectivity index (χ3v) is 3.83. The lowest BCUT2D eigenvalue weighted by molar-refractivity contribution is 0.0774. The molecule has 23 heavy (non-hydrogen) atoms. The first-order chi connectivity index (χ1) is 11.1. The van der Waals surface area contributed by atoms with E-state index in [1.165, 1.54) is 0 Å². The zero-order valence-electron chi connectivity index (χ0n) is 13.5. The van der Waals surface area contributed by atoms with Gasteiger partial charge in [-0.15, -0.1) is 0 Å². The van der Waals surface area contributed by atoms with E-state index < -0.39 is 0 Å². The van der Waals surface area contributed by atoms with Gasteiger partial charge < -0.3 is 9.32 Å². The van der Waals surface area contributed by atoms with Crippen molar-refractivity contribution in [3.63, 3.8) is 0 Å². The van der Waals surface area contributed by atoms with Crippen LogP contribution < -0.4 is 0 Å². The van der Waals surface area contributed by atoms with Crippen LogP contribution in [0.1, 0.15) is 27.5 Å². The van der Waals surface area contributed by atoms with Gasteiger partial charge in [-0.05, 0) is 38.1 Å². The summed E-state index contributed by atoms with van der Waals surface area (Å²) in [7, 11) is 1.77. The number of nitrogens with zero attached hydrogens (tertiary/aromatic N) is 3. The van der Waals surface area contributed by atoms with Gasteiger partial charge in [-0.1, -0.05) is 18.2 Å². The summed E-state index contributed by atoms with van der Waals surface area (Å²) in [6.45, 7) is 4.21. The first kappa shape index (κ1) is 15.1. The van der Waals surface area contributed by atoms with Crippen LogP contribution in [0, 0.1) is 13.8 Å². The van der Waals surface area contributed by atoms with Crippen LogP contribution in [0.15, 0.2) is 53.1 Å². The van der Waals surface area contributed by atoms with Crippen LogP contribution in [0.2, 0.25) is 0 Å². The van der Waals surface area contributed by atoms with Crippen LogP contribution >= 0.6 is 0 Å². The maximum absolute atomic E-state index is 12.8. The molecule has 118 valence electrons. The van der Waals surface area contributed by atoms with Crippen molar-refractivity contribution in [3.8, 4) is 5.69 Å². The fraction of sp³-hybridized carbons (Fsp3) is 0.222. The molecule has 0 radical (unpaired) electrons. The third-order valence-electron chi connectivity index (χ3n) is 3.83. The molecule has 2 heterocycles. The first-order valence-corrected chi connectivity index (χ1v) is 7.47. The van der Waals surface area contributed by atoms with E-state index >= 15 is 0 Å². The minimum absolute atomic E-state index is 0.0569. The molecule has 0 aliphatic heterocycles. The van der Waals surface area contributed by atoms with Crippen molar-refractivity contribution in [2.24, 2.45) is 0 Å². The van der Waals surface area contributed by atoms with E-state index in [2.05, 4.69) is 5.10 Å². The number of rotatable bonds is 4. The Morgan fingerprint density at radius 3 is 2.57 bits per heavy atom. The second-order valence-corrected chi connectivity index (χ2v) is 5.53. The van der Waals surface area contributed by atoms with E-state index in [-0.39, 0.29) is 5.91 Å². The molecule has 0 fully saturated rings. The molecule has 0 spiro atoms. The molecule has 0 atom stereocenters. The van der Waals surface area contributed by atoms with Gasteiger partial charge in [0, 0.05) is 7.05 Å². The van der Waals surface area contributed by atoms with Crippen LogP contribution in [0.5, 0.6) is 0 Å². The molecular formula is C18H19N3O2. The van der Waals surface area contributed by atoms with Crippen molar-refractivity contribution in [2.45, 2.75) is 20.4 Å². The molecule has 5 nitrogen and oxygen atoms in total. The molecule has 3 rings (SSSR count). The first-order valence-electron chi connectivity index (χ1n) is 7.47. The average molecular weight is 309 g/mol. The molecule has 0 bridgehead atoms. The highest BCUT2D eigenvalue weighted by atomic mass is 16.3. The lowest BCUT2D eigenvalue weighted by Gasteiger charge is -2.16. The van der Waals surface area contributed by atoms with E-state index in [0.29, 0.717) is 12.1 Å². The maximum Gasteiger partial charge on any atom is 0.257 e. The molecule has 0 unspecified atom stereocenters. The molecular weight excluding hydrogens is 290 g/mol. The van der Waals surface area contributed by atoms with Crippen LogP contribution in [-0.4, -0.2) is 27.6 Å². The summed E-state index contributed by atoms with van der Waals surface area (Å²) in [5, 5.41) is 4.53. The molecule has 0 aliphatic carbocycles. The average Bonchev–Trinajstić information content (AvgIpc) is 3.15. The summed E-state index contributed by atoms with van der Waals surface area (Å²) >= 11 is 0. The largest absolute Gasteiger partial charge is 0.467 e. The molecule has 2 aromatic heterocycles. The number of hydrogen-bond donors (Lipinski definition) is 0. The van der Waals surface area contributed by atoms with Gasteiger partial charge in [0.1, 0.15) is 5.76 Å². The Kier molecular flexibility index (Phi) is 4.02. The fourth-order valence-electron chi connectivity index (χ4n) is 2.67. The van der Waals surface area contributed by atoms with Crippen LogP contribution in [0.25, 0.3) is 5.69 Å². The molecule has 5 heteroatoms. The van der Waals surface area contributed by atoms with E-state index in [1.807, 2.05) is 61.0 Å². The molecule has 0 saturated heterocycles. The minimum atomic E-state index is -0.0569. The van der Waals surface area contributed by atoms with Gasteiger partial charge >= 0.3 is 0 Å². The minimum Gasteiger partial charge on any atom is -0.467 e. The topological polar surface area (TPSA) is 51.3 Å². The van der Waals surface area contributed by atoms with Crippen molar-refractivity contribution in [3.05, 3.63) is 71.4 Å². The highest BCUT2D eigenvalue weighted by Gasteiger charge is 2.22. The van der Waals surface area contributed by atoms with Gasteiger partial charge in [0.25, 0.3) is 5.91 Å². The summed E-state index contributed by atoms with van der Waals surface area (Å²) in [4.78, 5) is 14.4. The summed E-state index contributed by atoms with van der Waals surface area (Å²) in [5.41, 5.74) is 3.15.